The van der Waals surface area contributed by atoms with Crippen LogP contribution < -0.4 is 32.7 Å². The van der Waals surface area contributed by atoms with Gasteiger partial charge in [0.1, 0.15) is 23.9 Å². The Morgan fingerprint density at radius 3 is 1.98 bits per heavy atom. The summed E-state index contributed by atoms with van der Waals surface area (Å²) in [6, 6.07) is 17.3. The van der Waals surface area contributed by atoms with Crippen LogP contribution in [0.15, 0.2) is 85.1 Å². The lowest BCUT2D eigenvalue weighted by Gasteiger charge is -2.25. The molecule has 0 unspecified atom stereocenters. The van der Waals surface area contributed by atoms with Crippen molar-refractivity contribution in [2.75, 3.05) is 6.54 Å². The van der Waals surface area contributed by atoms with Gasteiger partial charge < -0.3 is 47.9 Å². The normalized spacial score (nSPS) is 13.3. The first-order valence-corrected chi connectivity index (χ1v) is 16.2. The number of hydrogen-bond acceptors (Lipinski definition) is 8. The standard InChI is InChI=1S/C36H41N7O8/c37-26(16-22-10-12-24(44)13-11-22)33(47)40-20-32(46)41-30(18-23-19-39-27-9-5-4-8-25(23)27)35(49)43-29(17-21-6-2-1-3-7-21)34(48)42-28(36(50)51)14-15-31(38)45/h1-13,19,26,28-30,39,44H,14-18,20,37H2,(H2,38,45)(H,40,47)(H,41,46)(H,42,48)(H,43,49)(H,50,51)/t26-,28-,29-,30-/m0/s1. The zero-order valence-corrected chi connectivity index (χ0v) is 27.6. The number of H-pyrrole nitrogens is 1. The Bertz CT molecular complexity index is 1850. The summed E-state index contributed by atoms with van der Waals surface area (Å²) in [7, 11) is 0. The summed E-state index contributed by atoms with van der Waals surface area (Å²) >= 11 is 0. The number of carboxylic acids is 1. The first-order valence-electron chi connectivity index (χ1n) is 16.2. The molecule has 0 spiro atoms. The maximum atomic E-state index is 13.9. The molecule has 1 aromatic heterocycles. The number of phenolic OH excluding ortho intramolecular Hbond substituents is 1. The minimum atomic E-state index is -1.45. The van der Waals surface area contributed by atoms with E-state index in [1.165, 1.54) is 12.1 Å². The van der Waals surface area contributed by atoms with E-state index in [1.54, 1.807) is 48.7 Å². The molecule has 51 heavy (non-hydrogen) atoms. The first kappa shape index (κ1) is 37.6. The van der Waals surface area contributed by atoms with E-state index in [4.69, 9.17) is 11.5 Å². The lowest BCUT2D eigenvalue weighted by molar-refractivity contribution is -0.142. The van der Waals surface area contributed by atoms with E-state index in [-0.39, 0.29) is 37.9 Å². The number of rotatable bonds is 18. The summed E-state index contributed by atoms with van der Waals surface area (Å²) in [5, 5.41) is 30.1. The fourth-order valence-corrected chi connectivity index (χ4v) is 5.40. The third kappa shape index (κ3) is 11.4. The number of aromatic amines is 1. The van der Waals surface area contributed by atoms with Crippen LogP contribution in [0.4, 0.5) is 0 Å². The molecule has 5 amide bonds. The summed E-state index contributed by atoms with van der Waals surface area (Å²) in [6.45, 7) is -0.506. The molecule has 11 N–H and O–H groups in total. The maximum absolute atomic E-state index is 13.9. The zero-order chi connectivity index (χ0) is 36.9. The van der Waals surface area contributed by atoms with Crippen molar-refractivity contribution in [3.8, 4) is 5.75 Å². The molecule has 4 rings (SSSR count). The van der Waals surface area contributed by atoms with Crippen LogP contribution in [0.2, 0.25) is 0 Å². The Morgan fingerprint density at radius 1 is 0.706 bits per heavy atom. The van der Waals surface area contributed by atoms with Crippen LogP contribution in [-0.2, 0) is 48.0 Å². The molecule has 268 valence electrons. The van der Waals surface area contributed by atoms with Gasteiger partial charge in [0.05, 0.1) is 12.6 Å². The molecule has 1 heterocycles. The van der Waals surface area contributed by atoms with Gasteiger partial charge in [0, 0.05) is 36.4 Å². The predicted octanol–water partition coefficient (Wildman–Crippen LogP) is 0.149. The molecule has 0 radical (unpaired) electrons. The van der Waals surface area contributed by atoms with Crippen molar-refractivity contribution in [2.24, 2.45) is 11.5 Å². The van der Waals surface area contributed by atoms with Crippen molar-refractivity contribution in [1.82, 2.24) is 26.3 Å². The van der Waals surface area contributed by atoms with Crippen LogP contribution in [0, 0.1) is 0 Å². The summed E-state index contributed by atoms with van der Waals surface area (Å²) in [4.78, 5) is 79.6. The van der Waals surface area contributed by atoms with Crippen LogP contribution in [0.5, 0.6) is 5.75 Å². The number of carbonyl (C=O) groups is 6. The SMILES string of the molecule is NC(=O)CC[C@H](NC(=O)[C@H](Cc1ccccc1)NC(=O)[C@H](Cc1c[nH]c2ccccc12)NC(=O)CNC(=O)[C@@H](N)Cc1ccc(O)cc1)C(=O)O. The highest BCUT2D eigenvalue weighted by atomic mass is 16.4. The summed E-state index contributed by atoms with van der Waals surface area (Å²) in [6.07, 6.45) is 1.27. The molecule has 15 nitrogen and oxygen atoms in total. The minimum absolute atomic E-state index is 0.00800. The molecule has 0 bridgehead atoms. The van der Waals surface area contributed by atoms with E-state index in [1.807, 2.05) is 24.3 Å². The van der Waals surface area contributed by atoms with Gasteiger partial charge in [-0.15, -0.1) is 0 Å². The second kappa shape index (κ2) is 18.0. The Hall–Kier alpha value is -6.22. The van der Waals surface area contributed by atoms with Gasteiger partial charge in [-0.1, -0.05) is 60.7 Å². The van der Waals surface area contributed by atoms with Crippen molar-refractivity contribution in [2.45, 2.75) is 56.3 Å². The molecule has 0 aliphatic rings. The number of para-hydroxylation sites is 1. The zero-order valence-electron chi connectivity index (χ0n) is 27.6. The Balaban J connectivity index is 1.51. The smallest absolute Gasteiger partial charge is 0.326 e. The van der Waals surface area contributed by atoms with Gasteiger partial charge in [-0.2, -0.15) is 0 Å². The number of phenols is 1. The number of primary amides is 1. The van der Waals surface area contributed by atoms with Crippen LogP contribution in [0.3, 0.4) is 0 Å². The Labute approximate surface area is 293 Å². The third-order valence-electron chi connectivity index (χ3n) is 8.11. The number of carbonyl (C=O) groups excluding carboxylic acids is 5. The second-order valence-corrected chi connectivity index (χ2v) is 12.0. The Morgan fingerprint density at radius 2 is 1.31 bits per heavy atom. The average Bonchev–Trinajstić information content (AvgIpc) is 3.52. The summed E-state index contributed by atoms with van der Waals surface area (Å²) in [5.41, 5.74) is 14.0. The Kier molecular flexibility index (Phi) is 13.2. The number of nitrogens with two attached hydrogens (primary N) is 2. The van der Waals surface area contributed by atoms with Crippen molar-refractivity contribution in [3.63, 3.8) is 0 Å². The third-order valence-corrected chi connectivity index (χ3v) is 8.11. The van der Waals surface area contributed by atoms with Gasteiger partial charge in [-0.25, -0.2) is 4.79 Å². The maximum Gasteiger partial charge on any atom is 0.326 e. The number of hydrogen-bond donors (Lipinski definition) is 9. The van der Waals surface area contributed by atoms with E-state index in [0.29, 0.717) is 16.7 Å². The molecular formula is C36H41N7O8. The van der Waals surface area contributed by atoms with Crippen LogP contribution >= 0.6 is 0 Å². The van der Waals surface area contributed by atoms with Crippen LogP contribution in [0.1, 0.15) is 29.5 Å². The number of benzene rings is 3. The second-order valence-electron chi connectivity index (χ2n) is 12.0. The van der Waals surface area contributed by atoms with E-state index < -0.39 is 66.2 Å². The number of nitrogens with one attached hydrogen (secondary N) is 5. The van der Waals surface area contributed by atoms with Crippen LogP contribution in [0.25, 0.3) is 10.9 Å². The van der Waals surface area contributed by atoms with Gasteiger partial charge in [0.15, 0.2) is 0 Å². The molecule has 0 aliphatic carbocycles. The minimum Gasteiger partial charge on any atom is -0.508 e. The summed E-state index contributed by atoms with van der Waals surface area (Å²) in [5.74, 6) is -4.95. The number of aliphatic carboxylic acids is 1. The van der Waals surface area contributed by atoms with E-state index in [0.717, 1.165) is 10.9 Å². The molecule has 0 saturated heterocycles. The van der Waals surface area contributed by atoms with Gasteiger partial charge in [0.25, 0.3) is 0 Å². The summed E-state index contributed by atoms with van der Waals surface area (Å²) < 4.78 is 0. The quantitative estimate of drug-likeness (QED) is 0.0684. The largest absolute Gasteiger partial charge is 0.508 e. The average molecular weight is 700 g/mol. The van der Waals surface area contributed by atoms with E-state index in [2.05, 4.69) is 26.3 Å². The lowest BCUT2D eigenvalue weighted by atomic mass is 10.0. The van der Waals surface area contributed by atoms with E-state index in [9.17, 15) is 39.0 Å². The number of fused-ring (bicyclic) bond motifs is 1. The van der Waals surface area contributed by atoms with Crippen molar-refractivity contribution < 1.29 is 39.0 Å². The number of amides is 5. The molecule has 0 aliphatic heterocycles. The highest BCUT2D eigenvalue weighted by molar-refractivity contribution is 5.95. The van der Waals surface area contributed by atoms with Crippen LogP contribution in [-0.4, -0.2) is 81.4 Å². The lowest BCUT2D eigenvalue weighted by Crippen LogP contribution is -2.57. The number of aromatic nitrogens is 1. The van der Waals surface area contributed by atoms with E-state index >= 15 is 0 Å². The van der Waals surface area contributed by atoms with Crippen molar-refractivity contribution >= 4 is 46.4 Å². The van der Waals surface area contributed by atoms with Gasteiger partial charge >= 0.3 is 5.97 Å². The molecule has 0 fully saturated rings. The number of aromatic hydroxyl groups is 1. The highest BCUT2D eigenvalue weighted by Crippen LogP contribution is 2.19. The molecular weight excluding hydrogens is 658 g/mol. The molecule has 4 atom stereocenters. The fourth-order valence-electron chi connectivity index (χ4n) is 5.40. The molecule has 4 aromatic rings. The van der Waals surface area contributed by atoms with Crippen molar-refractivity contribution in [1.29, 1.82) is 0 Å². The van der Waals surface area contributed by atoms with Gasteiger partial charge in [-0.3, -0.25) is 24.0 Å². The molecule has 15 heteroatoms. The first-order chi connectivity index (χ1) is 24.4. The number of carboxylic acid groups (broad SMARTS) is 1. The molecule has 0 saturated carbocycles. The molecule has 3 aromatic carbocycles. The fraction of sp³-hybridized carbons (Fsp3) is 0.278. The van der Waals surface area contributed by atoms with Crippen molar-refractivity contribution in [3.05, 3.63) is 102 Å². The van der Waals surface area contributed by atoms with Gasteiger partial charge in [0.2, 0.25) is 29.5 Å². The monoisotopic (exact) mass is 699 g/mol. The predicted molar refractivity (Wildman–Crippen MR) is 187 cm³/mol. The topological polar surface area (TPSA) is 259 Å². The van der Waals surface area contributed by atoms with Gasteiger partial charge in [-0.05, 0) is 47.7 Å². The highest BCUT2D eigenvalue weighted by Gasteiger charge is 2.31.